The van der Waals surface area contributed by atoms with Gasteiger partial charge in [0.1, 0.15) is 0 Å². The van der Waals surface area contributed by atoms with Crippen LogP contribution in [0.1, 0.15) is 0 Å². The molecule has 0 bridgehead atoms. The molecule has 0 saturated heterocycles. The molecule has 0 atom stereocenters. The molecule has 0 spiro atoms. The Labute approximate surface area is 113 Å². The monoisotopic (exact) mass is 276 g/mol. The quantitative estimate of drug-likeness (QED) is 0.469. The van der Waals surface area contributed by atoms with Crippen molar-refractivity contribution < 1.29 is 0 Å². The van der Waals surface area contributed by atoms with Crippen LogP contribution in [0.3, 0.4) is 0 Å². The smallest absolute Gasteiger partial charge is 0.195 e. The molecule has 1 heterocycles. The van der Waals surface area contributed by atoms with Gasteiger partial charge in [-0.05, 0) is 24.3 Å². The summed E-state index contributed by atoms with van der Waals surface area (Å²) in [6.45, 7) is 0. The van der Waals surface area contributed by atoms with Gasteiger partial charge in [-0.1, -0.05) is 12.1 Å². The Morgan fingerprint density at radius 2 is 1.76 bits per heavy atom. The van der Waals surface area contributed by atoms with Gasteiger partial charge in [-0.25, -0.2) is 0 Å². The normalized spacial score (nSPS) is 11.2. The average molecular weight is 276 g/mol. The molecule has 0 saturated carbocycles. The van der Waals surface area contributed by atoms with Crippen LogP contribution < -0.4 is 5.43 Å². The van der Waals surface area contributed by atoms with E-state index in [0.717, 1.165) is 24.6 Å². The second kappa shape index (κ2) is 4.05. The minimum absolute atomic E-state index is 0.0561. The van der Waals surface area contributed by atoms with Gasteiger partial charge in [-0.2, -0.15) is 0 Å². The maximum absolute atomic E-state index is 12.3. The van der Waals surface area contributed by atoms with Gasteiger partial charge in [-0.15, -0.1) is 36.6 Å². The zero-order valence-electron chi connectivity index (χ0n) is 8.68. The third-order valence-electron chi connectivity index (χ3n) is 2.64. The Morgan fingerprint density at radius 3 is 2.59 bits per heavy atom. The molecule has 0 N–H and O–H groups in total. The molecule has 0 radical (unpaired) electrons. The molecule has 0 aliphatic carbocycles. The highest BCUT2D eigenvalue weighted by Crippen LogP contribution is 2.31. The maximum atomic E-state index is 12.3. The van der Waals surface area contributed by atoms with Gasteiger partial charge < -0.3 is 0 Å². The molecule has 3 rings (SSSR count). The largest absolute Gasteiger partial charge is 0.289 e. The summed E-state index contributed by atoms with van der Waals surface area (Å²) in [5, 5.41) is 1.46. The Hall–Kier alpha value is -0.970. The Kier molecular flexibility index (Phi) is 2.65. The first-order valence-electron chi connectivity index (χ1n) is 5.04. The summed E-state index contributed by atoms with van der Waals surface area (Å²) < 4.78 is 1.92. The van der Waals surface area contributed by atoms with E-state index in [-0.39, 0.29) is 5.43 Å². The topological polar surface area (TPSA) is 17.1 Å². The molecule has 0 aliphatic rings. The van der Waals surface area contributed by atoms with Gasteiger partial charge in [0.2, 0.25) is 0 Å². The lowest BCUT2D eigenvalue weighted by Crippen LogP contribution is -2.00. The first-order valence-corrected chi connectivity index (χ1v) is 6.75. The summed E-state index contributed by atoms with van der Waals surface area (Å²) in [6.07, 6.45) is 0. The minimum Gasteiger partial charge on any atom is -0.289 e. The Bertz CT molecular complexity index is 790. The summed E-state index contributed by atoms with van der Waals surface area (Å²) in [5.41, 5.74) is 0.0561. The van der Waals surface area contributed by atoms with Crippen molar-refractivity contribution in [3.63, 3.8) is 0 Å². The lowest BCUT2D eigenvalue weighted by Gasteiger charge is -2.04. The lowest BCUT2D eigenvalue weighted by atomic mass is 10.2. The third kappa shape index (κ3) is 1.76. The summed E-state index contributed by atoms with van der Waals surface area (Å²) in [4.78, 5) is 13.9. The molecule has 3 aromatic rings. The molecule has 2 aromatic carbocycles. The summed E-state index contributed by atoms with van der Waals surface area (Å²) in [6, 6.07) is 11.3. The van der Waals surface area contributed by atoms with Crippen LogP contribution in [-0.2, 0) is 0 Å². The van der Waals surface area contributed by atoms with E-state index in [1.165, 1.54) is 0 Å². The number of fused-ring (bicyclic) bond motifs is 2. The SMILES string of the molecule is O=c1c2ccccc2sc2c(S)cc(S)cc12. The van der Waals surface area contributed by atoms with Crippen molar-refractivity contribution >= 4 is 56.8 Å². The molecule has 0 fully saturated rings. The van der Waals surface area contributed by atoms with Crippen molar-refractivity contribution in [2.24, 2.45) is 0 Å². The van der Waals surface area contributed by atoms with Crippen LogP contribution >= 0.6 is 36.6 Å². The van der Waals surface area contributed by atoms with E-state index < -0.39 is 0 Å². The van der Waals surface area contributed by atoms with E-state index in [1.54, 1.807) is 11.3 Å². The highest BCUT2D eigenvalue weighted by molar-refractivity contribution is 7.81. The van der Waals surface area contributed by atoms with Gasteiger partial charge in [0.05, 0.1) is 4.70 Å². The maximum Gasteiger partial charge on any atom is 0.195 e. The molecule has 0 unspecified atom stereocenters. The number of hydrogen-bond donors (Lipinski definition) is 2. The first-order chi connectivity index (χ1) is 8.16. The van der Waals surface area contributed by atoms with Gasteiger partial charge in [0, 0.05) is 25.3 Å². The number of rotatable bonds is 0. The molecular formula is C13H8OS3. The highest BCUT2D eigenvalue weighted by Gasteiger charge is 2.08. The van der Waals surface area contributed by atoms with Crippen molar-refractivity contribution in [2.75, 3.05) is 0 Å². The molecular weight excluding hydrogens is 268 g/mol. The van der Waals surface area contributed by atoms with E-state index in [2.05, 4.69) is 25.3 Å². The van der Waals surface area contributed by atoms with E-state index in [1.807, 2.05) is 36.4 Å². The molecule has 0 aliphatic heterocycles. The van der Waals surface area contributed by atoms with Crippen molar-refractivity contribution in [2.45, 2.75) is 9.79 Å². The van der Waals surface area contributed by atoms with Crippen LogP contribution in [0.2, 0.25) is 0 Å². The standard InChI is InChI=1S/C13H8OS3/c14-12-8-3-1-2-4-11(8)17-13-9(12)5-7(15)6-10(13)16/h1-6,15-16H. The summed E-state index contributed by atoms with van der Waals surface area (Å²) >= 11 is 10.3. The number of benzene rings is 2. The van der Waals surface area contributed by atoms with Gasteiger partial charge >= 0.3 is 0 Å². The minimum atomic E-state index is 0.0561. The lowest BCUT2D eigenvalue weighted by molar-refractivity contribution is 1.42. The van der Waals surface area contributed by atoms with Crippen molar-refractivity contribution in [3.05, 3.63) is 46.6 Å². The summed E-state index contributed by atoms with van der Waals surface area (Å²) in [5.74, 6) is 0. The Morgan fingerprint density at radius 1 is 1.00 bits per heavy atom. The molecule has 84 valence electrons. The fraction of sp³-hybridized carbons (Fsp3) is 0. The van der Waals surface area contributed by atoms with Gasteiger partial charge in [0.25, 0.3) is 0 Å². The van der Waals surface area contributed by atoms with Gasteiger partial charge in [-0.3, -0.25) is 4.79 Å². The molecule has 4 heteroatoms. The van der Waals surface area contributed by atoms with Crippen LogP contribution in [0.4, 0.5) is 0 Å². The van der Waals surface area contributed by atoms with Crippen molar-refractivity contribution in [1.29, 1.82) is 0 Å². The second-order valence-electron chi connectivity index (χ2n) is 3.77. The molecule has 0 amide bonds. The van der Waals surface area contributed by atoms with E-state index in [9.17, 15) is 4.79 Å². The van der Waals surface area contributed by atoms with E-state index in [0.29, 0.717) is 5.39 Å². The van der Waals surface area contributed by atoms with Gasteiger partial charge in [0.15, 0.2) is 5.43 Å². The van der Waals surface area contributed by atoms with E-state index in [4.69, 9.17) is 0 Å². The van der Waals surface area contributed by atoms with Crippen LogP contribution in [0, 0.1) is 0 Å². The first kappa shape index (κ1) is 11.1. The fourth-order valence-electron chi connectivity index (χ4n) is 1.87. The second-order valence-corrected chi connectivity index (χ2v) is 5.82. The third-order valence-corrected chi connectivity index (χ3v) is 4.62. The molecule has 17 heavy (non-hydrogen) atoms. The molecule has 1 aromatic heterocycles. The van der Waals surface area contributed by atoms with Crippen LogP contribution in [0.15, 0.2) is 51.0 Å². The van der Waals surface area contributed by atoms with Crippen molar-refractivity contribution in [3.8, 4) is 0 Å². The van der Waals surface area contributed by atoms with Crippen LogP contribution in [0.25, 0.3) is 20.2 Å². The predicted octanol–water partition coefficient (Wildman–Crippen LogP) is 3.99. The number of hydrogen-bond acceptors (Lipinski definition) is 4. The van der Waals surface area contributed by atoms with Crippen LogP contribution in [0.5, 0.6) is 0 Å². The Balaban J connectivity index is 2.64. The number of thiol groups is 2. The average Bonchev–Trinajstić information content (AvgIpc) is 2.31. The van der Waals surface area contributed by atoms with E-state index >= 15 is 0 Å². The zero-order chi connectivity index (χ0) is 12.0. The highest BCUT2D eigenvalue weighted by atomic mass is 32.1. The fourth-order valence-corrected chi connectivity index (χ4v) is 3.69. The predicted molar refractivity (Wildman–Crippen MR) is 80.1 cm³/mol. The summed E-state index contributed by atoms with van der Waals surface area (Å²) in [7, 11) is 0. The van der Waals surface area contributed by atoms with Crippen molar-refractivity contribution in [1.82, 2.24) is 0 Å². The molecule has 1 nitrogen and oxygen atoms in total. The zero-order valence-corrected chi connectivity index (χ0v) is 11.3. The van der Waals surface area contributed by atoms with Crippen LogP contribution in [-0.4, -0.2) is 0 Å².